The second kappa shape index (κ2) is 8.16. The van der Waals surface area contributed by atoms with E-state index >= 15 is 0 Å². The molecule has 0 saturated carbocycles. The summed E-state index contributed by atoms with van der Waals surface area (Å²) in [6.45, 7) is 1.92. The van der Waals surface area contributed by atoms with E-state index < -0.39 is 21.7 Å². The van der Waals surface area contributed by atoms with Crippen molar-refractivity contribution in [1.82, 2.24) is 4.57 Å². The van der Waals surface area contributed by atoms with Gasteiger partial charge in [0.15, 0.2) is 26.1 Å². The molecule has 2 heterocycles. The molecule has 0 saturated heterocycles. The van der Waals surface area contributed by atoms with Crippen LogP contribution in [0.25, 0.3) is 10.2 Å². The first-order chi connectivity index (χ1) is 14.8. The molecule has 0 bridgehead atoms. The largest absolute Gasteiger partial charge is 0.465 e. The molecule has 4 rings (SSSR count). The quantitative estimate of drug-likeness (QED) is 0.534. The lowest BCUT2D eigenvalue weighted by Crippen LogP contribution is -2.23. The number of fused-ring (bicyclic) bond motifs is 2. The Labute approximate surface area is 181 Å². The van der Waals surface area contributed by atoms with Gasteiger partial charge in [0.2, 0.25) is 6.79 Å². The first-order valence-electron chi connectivity index (χ1n) is 9.24. The van der Waals surface area contributed by atoms with E-state index in [1.807, 2.05) is 0 Å². The minimum Gasteiger partial charge on any atom is -0.465 e. The first-order valence-corrected chi connectivity index (χ1v) is 11.9. The third-order valence-corrected chi connectivity index (χ3v) is 6.67. The van der Waals surface area contributed by atoms with Crippen LogP contribution < -0.4 is 14.3 Å². The van der Waals surface area contributed by atoms with Crippen molar-refractivity contribution in [3.8, 4) is 11.5 Å². The molecule has 1 amide bonds. The zero-order chi connectivity index (χ0) is 22.2. The van der Waals surface area contributed by atoms with Gasteiger partial charge in [-0.3, -0.25) is 9.59 Å². The first kappa shape index (κ1) is 21.1. The van der Waals surface area contributed by atoms with Gasteiger partial charge in [0.05, 0.1) is 21.7 Å². The summed E-state index contributed by atoms with van der Waals surface area (Å²) in [5.74, 6) is 0.0824. The fourth-order valence-electron chi connectivity index (χ4n) is 3.03. The van der Waals surface area contributed by atoms with E-state index in [4.69, 9.17) is 14.2 Å². The number of carbonyl (C=O) groups excluding carboxylic acids is 2. The Morgan fingerprint density at radius 3 is 2.48 bits per heavy atom. The Morgan fingerprint density at radius 1 is 1.16 bits per heavy atom. The smallest absolute Gasteiger partial charge is 0.326 e. The summed E-state index contributed by atoms with van der Waals surface area (Å²) in [5, 5.41) is 0. The molecule has 0 aliphatic carbocycles. The van der Waals surface area contributed by atoms with Gasteiger partial charge >= 0.3 is 5.97 Å². The summed E-state index contributed by atoms with van der Waals surface area (Å²) in [6.07, 6.45) is 1.09. The summed E-state index contributed by atoms with van der Waals surface area (Å²) in [7, 11) is -3.37. The van der Waals surface area contributed by atoms with Gasteiger partial charge < -0.3 is 18.8 Å². The van der Waals surface area contributed by atoms with Crippen molar-refractivity contribution in [1.29, 1.82) is 0 Å². The number of carbonyl (C=O) groups is 2. The monoisotopic (exact) mass is 462 g/mol. The van der Waals surface area contributed by atoms with Crippen LogP contribution in [-0.2, 0) is 25.9 Å². The number of thiazole rings is 1. The molecule has 3 aromatic rings. The molecule has 1 aromatic heterocycles. The molecule has 2 aromatic carbocycles. The molecular weight excluding hydrogens is 444 g/mol. The molecule has 162 valence electrons. The number of ether oxygens (including phenoxy) is 3. The van der Waals surface area contributed by atoms with Crippen LogP contribution >= 0.6 is 11.3 Å². The highest BCUT2D eigenvalue weighted by Gasteiger charge is 2.19. The highest BCUT2D eigenvalue weighted by molar-refractivity contribution is 7.90. The number of aromatic nitrogens is 1. The molecular formula is C20H18N2O7S2. The Hall–Kier alpha value is -3.18. The van der Waals surface area contributed by atoms with Crippen molar-refractivity contribution in [2.45, 2.75) is 18.4 Å². The Kier molecular flexibility index (Phi) is 5.54. The molecule has 0 N–H and O–H groups in total. The lowest BCUT2D eigenvalue weighted by atomic mass is 10.2. The molecule has 0 fully saturated rings. The van der Waals surface area contributed by atoms with Crippen LogP contribution in [0.4, 0.5) is 0 Å². The summed E-state index contributed by atoms with van der Waals surface area (Å²) in [4.78, 5) is 29.5. The van der Waals surface area contributed by atoms with Crippen LogP contribution in [0.15, 0.2) is 46.3 Å². The summed E-state index contributed by atoms with van der Waals surface area (Å²) in [6, 6.07) is 9.03. The number of esters is 1. The van der Waals surface area contributed by atoms with Crippen LogP contribution in [0, 0.1) is 0 Å². The minimum absolute atomic E-state index is 0.109. The molecule has 0 radical (unpaired) electrons. The zero-order valence-electron chi connectivity index (χ0n) is 16.7. The van der Waals surface area contributed by atoms with E-state index in [2.05, 4.69) is 4.99 Å². The third kappa shape index (κ3) is 4.32. The lowest BCUT2D eigenvalue weighted by molar-refractivity contribution is -0.143. The minimum atomic E-state index is -3.37. The molecule has 0 atom stereocenters. The van der Waals surface area contributed by atoms with Gasteiger partial charge in [-0.15, -0.1) is 0 Å². The van der Waals surface area contributed by atoms with Crippen LogP contribution in [0.3, 0.4) is 0 Å². The van der Waals surface area contributed by atoms with E-state index in [-0.39, 0.29) is 30.4 Å². The van der Waals surface area contributed by atoms with Crippen LogP contribution in [0.2, 0.25) is 0 Å². The molecule has 1 aliphatic rings. The van der Waals surface area contributed by atoms with Gasteiger partial charge in [0, 0.05) is 24.0 Å². The SMILES string of the molecule is CCOC(=O)Cn1c(=NC(=O)c2ccc(S(C)(=O)=O)cc2)sc2cc3c(cc21)OCO3. The maximum atomic E-state index is 12.7. The number of amides is 1. The lowest BCUT2D eigenvalue weighted by Gasteiger charge is -2.05. The maximum absolute atomic E-state index is 12.7. The van der Waals surface area contributed by atoms with E-state index in [0.29, 0.717) is 21.8 Å². The summed E-state index contributed by atoms with van der Waals surface area (Å²) in [5.41, 5.74) is 0.878. The highest BCUT2D eigenvalue weighted by atomic mass is 32.2. The molecule has 11 heteroatoms. The van der Waals surface area contributed by atoms with Crippen molar-refractivity contribution < 1.29 is 32.2 Å². The molecule has 1 aliphatic heterocycles. The summed E-state index contributed by atoms with van der Waals surface area (Å²) < 4.78 is 41.4. The van der Waals surface area contributed by atoms with Gasteiger partial charge in [-0.05, 0) is 31.2 Å². The molecule has 0 unspecified atom stereocenters. The fraction of sp³-hybridized carbons (Fsp3) is 0.250. The second-order valence-corrected chi connectivity index (χ2v) is 9.69. The average Bonchev–Trinajstić information content (AvgIpc) is 3.30. The molecule has 31 heavy (non-hydrogen) atoms. The van der Waals surface area contributed by atoms with Crippen LogP contribution in [-0.4, -0.2) is 44.5 Å². The average molecular weight is 463 g/mol. The Balaban J connectivity index is 1.78. The van der Waals surface area contributed by atoms with Crippen molar-refractivity contribution in [3.63, 3.8) is 0 Å². The van der Waals surface area contributed by atoms with Crippen molar-refractivity contribution >= 4 is 43.3 Å². The number of hydrogen-bond donors (Lipinski definition) is 0. The van der Waals surface area contributed by atoms with Crippen LogP contribution in [0.1, 0.15) is 17.3 Å². The van der Waals surface area contributed by atoms with E-state index in [1.54, 1.807) is 23.6 Å². The second-order valence-electron chi connectivity index (χ2n) is 6.66. The van der Waals surface area contributed by atoms with E-state index in [9.17, 15) is 18.0 Å². The van der Waals surface area contributed by atoms with Crippen molar-refractivity contribution in [2.75, 3.05) is 19.7 Å². The Morgan fingerprint density at radius 2 is 1.84 bits per heavy atom. The van der Waals surface area contributed by atoms with Gasteiger partial charge in [0.1, 0.15) is 6.54 Å². The van der Waals surface area contributed by atoms with Gasteiger partial charge in [-0.2, -0.15) is 4.99 Å². The zero-order valence-corrected chi connectivity index (χ0v) is 18.3. The maximum Gasteiger partial charge on any atom is 0.326 e. The summed E-state index contributed by atoms with van der Waals surface area (Å²) >= 11 is 1.22. The van der Waals surface area contributed by atoms with E-state index in [1.165, 1.54) is 35.6 Å². The van der Waals surface area contributed by atoms with Gasteiger partial charge in [-0.25, -0.2) is 8.42 Å². The van der Waals surface area contributed by atoms with Crippen LogP contribution in [0.5, 0.6) is 11.5 Å². The predicted octanol–water partition coefficient (Wildman–Crippen LogP) is 2.14. The van der Waals surface area contributed by atoms with Gasteiger partial charge in [-0.1, -0.05) is 11.3 Å². The normalized spacial score (nSPS) is 13.5. The fourth-order valence-corrected chi connectivity index (χ4v) is 4.70. The molecule has 0 spiro atoms. The topological polar surface area (TPSA) is 113 Å². The number of rotatable bonds is 5. The highest BCUT2D eigenvalue weighted by Crippen LogP contribution is 2.37. The van der Waals surface area contributed by atoms with E-state index in [0.717, 1.165) is 11.0 Å². The number of hydrogen-bond acceptors (Lipinski definition) is 8. The predicted molar refractivity (Wildman–Crippen MR) is 112 cm³/mol. The molecule has 9 nitrogen and oxygen atoms in total. The number of sulfone groups is 1. The van der Waals surface area contributed by atoms with Gasteiger partial charge in [0.25, 0.3) is 5.91 Å². The number of benzene rings is 2. The van der Waals surface area contributed by atoms with Crippen molar-refractivity contribution in [2.24, 2.45) is 4.99 Å². The van der Waals surface area contributed by atoms with Crippen molar-refractivity contribution in [3.05, 3.63) is 46.8 Å². The Bertz CT molecular complexity index is 1350. The third-order valence-electron chi connectivity index (χ3n) is 4.50. The standard InChI is InChI=1S/C20H18N2O7S2/c1-3-27-18(23)10-22-14-8-15-16(29-11-28-15)9-17(14)30-20(22)21-19(24)12-4-6-13(7-5-12)31(2,25)26/h4-9H,3,10-11H2,1-2H3. The number of nitrogens with zero attached hydrogens (tertiary/aromatic N) is 2.